The van der Waals surface area contributed by atoms with E-state index in [1.54, 1.807) is 0 Å². The van der Waals surface area contributed by atoms with Crippen LogP contribution in [0.4, 0.5) is 0 Å². The normalized spacial score (nSPS) is 12.4. The van der Waals surface area contributed by atoms with Crippen molar-refractivity contribution in [1.82, 2.24) is 10.6 Å². The predicted molar refractivity (Wildman–Crippen MR) is 52.8 cm³/mol. The average Bonchev–Trinajstić information content (AvgIpc) is 2.25. The van der Waals surface area contributed by atoms with Crippen LogP contribution in [0.1, 0.15) is 0 Å². The Kier molecular flexibility index (Phi) is 7.79. The van der Waals surface area contributed by atoms with Crippen molar-refractivity contribution in [2.75, 3.05) is 39.5 Å². The van der Waals surface area contributed by atoms with E-state index < -0.39 is 25.0 Å². The van der Waals surface area contributed by atoms with Gasteiger partial charge < -0.3 is 25.5 Å². The molecule has 0 aliphatic heterocycles. The molecule has 7 heteroatoms. The highest BCUT2D eigenvalue weighted by Gasteiger charge is 2.34. The number of aliphatic hydroxyl groups excluding tert-OH is 4. The molecular formula is C8H20N2O5. The average molecular weight is 224 g/mol. The van der Waals surface area contributed by atoms with Gasteiger partial charge in [0.25, 0.3) is 0 Å². The molecule has 0 fully saturated rings. The zero-order valence-electron chi connectivity index (χ0n) is 8.56. The Morgan fingerprint density at radius 1 is 0.867 bits per heavy atom. The number of nitrogens with one attached hydrogen (secondary N) is 2. The Morgan fingerprint density at radius 2 is 1.27 bits per heavy atom. The van der Waals surface area contributed by atoms with E-state index in [-0.39, 0.29) is 26.3 Å². The largest absolute Gasteiger partial charge is 0.396 e. The minimum Gasteiger partial charge on any atom is -0.396 e. The molecule has 0 spiro atoms. The summed E-state index contributed by atoms with van der Waals surface area (Å²) in [6.45, 7) is -1.02. The fourth-order valence-corrected chi connectivity index (χ4v) is 1.17. The van der Waals surface area contributed by atoms with Crippen LogP contribution in [0, 0.1) is 5.92 Å². The Morgan fingerprint density at radius 3 is 1.53 bits per heavy atom. The van der Waals surface area contributed by atoms with Gasteiger partial charge in [0.1, 0.15) is 0 Å². The van der Waals surface area contributed by atoms with Crippen LogP contribution < -0.4 is 10.6 Å². The van der Waals surface area contributed by atoms with Gasteiger partial charge in [-0.2, -0.15) is 0 Å². The molecule has 0 atom stereocenters. The van der Waals surface area contributed by atoms with Crippen LogP contribution in [-0.2, 0) is 0 Å². The summed E-state index contributed by atoms with van der Waals surface area (Å²) in [5.74, 6) is -2.54. The van der Waals surface area contributed by atoms with Crippen LogP contribution in [0.2, 0.25) is 0 Å². The zero-order chi connectivity index (χ0) is 11.7. The van der Waals surface area contributed by atoms with Crippen molar-refractivity contribution in [1.29, 1.82) is 0 Å². The highest BCUT2D eigenvalue weighted by atomic mass is 16.3. The highest BCUT2D eigenvalue weighted by Crippen LogP contribution is 2.10. The first-order valence-electron chi connectivity index (χ1n) is 4.80. The fraction of sp³-hybridized carbons (Fsp3) is 1.00. The van der Waals surface area contributed by atoms with Gasteiger partial charge >= 0.3 is 0 Å². The molecule has 0 aliphatic carbocycles. The van der Waals surface area contributed by atoms with Gasteiger partial charge in [-0.25, -0.2) is 0 Å². The molecule has 0 aliphatic rings. The van der Waals surface area contributed by atoms with Crippen LogP contribution in [-0.4, -0.2) is 70.9 Å². The van der Waals surface area contributed by atoms with E-state index in [4.69, 9.17) is 20.4 Å². The number of hydrogen-bond donors (Lipinski definition) is 7. The number of hydrogen-bond acceptors (Lipinski definition) is 7. The number of aliphatic hydroxyl groups is 5. The Labute approximate surface area is 88.4 Å². The van der Waals surface area contributed by atoms with E-state index >= 15 is 0 Å². The second-order valence-corrected chi connectivity index (χ2v) is 3.13. The first-order chi connectivity index (χ1) is 7.14. The molecule has 0 bridgehead atoms. The topological polar surface area (TPSA) is 125 Å². The van der Waals surface area contributed by atoms with Gasteiger partial charge in [0.2, 0.25) is 0 Å². The summed E-state index contributed by atoms with van der Waals surface area (Å²) in [5.41, 5.74) is 0. The Bertz CT molecular complexity index is 146. The third-order valence-electron chi connectivity index (χ3n) is 2.04. The molecule has 92 valence electrons. The van der Waals surface area contributed by atoms with Crippen LogP contribution >= 0.6 is 0 Å². The van der Waals surface area contributed by atoms with Gasteiger partial charge in [-0.05, 0) is 0 Å². The summed E-state index contributed by atoms with van der Waals surface area (Å²) in [7, 11) is 0. The van der Waals surface area contributed by atoms with Crippen LogP contribution in [0.15, 0.2) is 0 Å². The summed E-state index contributed by atoms with van der Waals surface area (Å²) in [5, 5.41) is 50.1. The molecule has 0 radical (unpaired) electrons. The smallest absolute Gasteiger partial charge is 0.179 e. The molecule has 0 aromatic carbocycles. The molecule has 0 unspecified atom stereocenters. The van der Waals surface area contributed by atoms with Gasteiger partial charge in [0.05, 0.1) is 32.3 Å². The molecule has 0 amide bonds. The zero-order valence-corrected chi connectivity index (χ0v) is 8.56. The molecule has 0 saturated heterocycles. The predicted octanol–water partition coefficient (Wildman–Crippen LogP) is -3.60. The molecule has 7 N–H and O–H groups in total. The van der Waals surface area contributed by atoms with E-state index in [0.717, 1.165) is 0 Å². The monoisotopic (exact) mass is 224 g/mol. The summed E-state index contributed by atoms with van der Waals surface area (Å²) >= 11 is 0. The third-order valence-corrected chi connectivity index (χ3v) is 2.04. The van der Waals surface area contributed by atoms with Gasteiger partial charge in [0.15, 0.2) is 5.85 Å². The lowest BCUT2D eigenvalue weighted by Gasteiger charge is -2.35. The number of rotatable bonds is 9. The van der Waals surface area contributed by atoms with E-state index in [9.17, 15) is 5.11 Å². The maximum Gasteiger partial charge on any atom is 0.179 e. The standard InChI is InChI=1S/C8H20N2O5/c11-3-1-9-8(15,10-2-4-12)7(5-13)6-14/h7,9-15H,1-6H2. The van der Waals surface area contributed by atoms with Crippen molar-refractivity contribution in [3.05, 3.63) is 0 Å². The van der Waals surface area contributed by atoms with Crippen molar-refractivity contribution >= 4 is 0 Å². The molecule has 0 saturated carbocycles. The molecule has 15 heavy (non-hydrogen) atoms. The third kappa shape index (κ3) is 4.85. The van der Waals surface area contributed by atoms with E-state index in [0.29, 0.717) is 0 Å². The van der Waals surface area contributed by atoms with E-state index in [1.165, 1.54) is 0 Å². The van der Waals surface area contributed by atoms with Crippen LogP contribution in [0.25, 0.3) is 0 Å². The molecule has 0 rings (SSSR count). The molecular weight excluding hydrogens is 204 g/mol. The van der Waals surface area contributed by atoms with Gasteiger partial charge in [-0.3, -0.25) is 10.6 Å². The summed E-state index contributed by atoms with van der Waals surface area (Å²) < 4.78 is 0. The van der Waals surface area contributed by atoms with Crippen molar-refractivity contribution in [2.45, 2.75) is 5.85 Å². The molecule has 0 aromatic heterocycles. The minimum atomic E-state index is -1.70. The quantitative estimate of drug-likeness (QED) is 0.202. The van der Waals surface area contributed by atoms with Crippen molar-refractivity contribution in [3.8, 4) is 0 Å². The van der Waals surface area contributed by atoms with Crippen molar-refractivity contribution < 1.29 is 25.5 Å². The van der Waals surface area contributed by atoms with Gasteiger partial charge in [-0.15, -0.1) is 0 Å². The van der Waals surface area contributed by atoms with Crippen LogP contribution in [0.3, 0.4) is 0 Å². The second kappa shape index (κ2) is 7.94. The Balaban J connectivity index is 4.35. The van der Waals surface area contributed by atoms with Gasteiger partial charge in [-0.1, -0.05) is 0 Å². The summed E-state index contributed by atoms with van der Waals surface area (Å²) in [6, 6.07) is 0. The maximum atomic E-state index is 9.97. The lowest BCUT2D eigenvalue weighted by molar-refractivity contribution is -0.112. The van der Waals surface area contributed by atoms with Crippen LogP contribution in [0.5, 0.6) is 0 Å². The van der Waals surface area contributed by atoms with Gasteiger partial charge in [0, 0.05) is 13.1 Å². The van der Waals surface area contributed by atoms with E-state index in [2.05, 4.69) is 10.6 Å². The molecule has 0 aromatic rings. The van der Waals surface area contributed by atoms with Crippen molar-refractivity contribution in [3.63, 3.8) is 0 Å². The lowest BCUT2D eigenvalue weighted by atomic mass is 10.0. The molecule has 7 nitrogen and oxygen atoms in total. The maximum absolute atomic E-state index is 9.97. The summed E-state index contributed by atoms with van der Waals surface area (Å²) in [4.78, 5) is 0. The van der Waals surface area contributed by atoms with E-state index in [1.807, 2.05) is 0 Å². The summed E-state index contributed by atoms with van der Waals surface area (Å²) in [6.07, 6.45) is 0. The highest BCUT2D eigenvalue weighted by molar-refractivity contribution is 4.81. The first kappa shape index (κ1) is 14.7. The molecule has 0 heterocycles. The minimum absolute atomic E-state index is 0.103. The lowest BCUT2D eigenvalue weighted by Crippen LogP contribution is -2.64. The first-order valence-corrected chi connectivity index (χ1v) is 4.80. The SMILES string of the molecule is OCCNC(O)(NCCO)C(CO)CO. The Hall–Kier alpha value is -0.280. The fourth-order valence-electron chi connectivity index (χ4n) is 1.17. The second-order valence-electron chi connectivity index (χ2n) is 3.13. The van der Waals surface area contributed by atoms with Crippen molar-refractivity contribution in [2.24, 2.45) is 5.92 Å².